The molecule has 90 valence electrons. The molecule has 1 unspecified atom stereocenters. The number of hydrogen-bond donors (Lipinski definition) is 1. The van der Waals surface area contributed by atoms with Crippen LogP contribution in [-0.2, 0) is 0 Å². The number of nitrogens with two attached hydrogens (primary N) is 1. The van der Waals surface area contributed by atoms with E-state index in [-0.39, 0.29) is 5.56 Å². The van der Waals surface area contributed by atoms with Gasteiger partial charge in [-0.3, -0.25) is 0 Å². The molecule has 1 rings (SSSR count). The van der Waals surface area contributed by atoms with Crippen molar-refractivity contribution in [2.75, 3.05) is 6.61 Å². The molecule has 1 aromatic rings. The molecule has 0 heterocycles. The van der Waals surface area contributed by atoms with E-state index >= 15 is 0 Å². The zero-order valence-corrected chi connectivity index (χ0v) is 9.14. The van der Waals surface area contributed by atoms with Crippen LogP contribution in [0.4, 0.5) is 13.2 Å². The average molecular weight is 233 g/mol. The summed E-state index contributed by atoms with van der Waals surface area (Å²) in [4.78, 5) is 0. The maximum Gasteiger partial charge on any atom is 0.407 e. The molecule has 0 bridgehead atoms. The van der Waals surface area contributed by atoms with E-state index in [9.17, 15) is 13.2 Å². The fourth-order valence-electron chi connectivity index (χ4n) is 1.43. The van der Waals surface area contributed by atoms with Gasteiger partial charge in [0.15, 0.2) is 0 Å². The highest BCUT2D eigenvalue weighted by Crippen LogP contribution is 2.33. The Morgan fingerprint density at radius 1 is 1.38 bits per heavy atom. The van der Waals surface area contributed by atoms with Gasteiger partial charge < -0.3 is 10.5 Å². The SMILES string of the molecule is CCOc1ccc(C(N)C(F)(F)F)c(C)c1. The molecule has 0 saturated heterocycles. The van der Waals surface area contributed by atoms with Crippen LogP contribution >= 0.6 is 0 Å². The maximum atomic E-state index is 12.4. The third-order valence-electron chi connectivity index (χ3n) is 2.24. The lowest BCUT2D eigenvalue weighted by Crippen LogP contribution is -2.29. The van der Waals surface area contributed by atoms with Crippen molar-refractivity contribution >= 4 is 0 Å². The van der Waals surface area contributed by atoms with Gasteiger partial charge >= 0.3 is 6.18 Å². The third kappa shape index (κ3) is 2.88. The largest absolute Gasteiger partial charge is 0.494 e. The zero-order valence-electron chi connectivity index (χ0n) is 9.14. The Kier molecular flexibility index (Phi) is 3.80. The highest BCUT2D eigenvalue weighted by Gasteiger charge is 2.38. The molecule has 0 aliphatic rings. The molecule has 16 heavy (non-hydrogen) atoms. The highest BCUT2D eigenvalue weighted by atomic mass is 19.4. The second kappa shape index (κ2) is 4.74. The van der Waals surface area contributed by atoms with Crippen LogP contribution in [0, 0.1) is 6.92 Å². The zero-order chi connectivity index (χ0) is 12.3. The van der Waals surface area contributed by atoms with Gasteiger partial charge in [0.25, 0.3) is 0 Å². The van der Waals surface area contributed by atoms with Gasteiger partial charge in [-0.1, -0.05) is 6.07 Å². The van der Waals surface area contributed by atoms with Crippen molar-refractivity contribution in [2.24, 2.45) is 5.73 Å². The number of aryl methyl sites for hydroxylation is 1. The first kappa shape index (κ1) is 12.8. The molecule has 0 spiro atoms. The molecular weight excluding hydrogens is 219 g/mol. The molecule has 2 N–H and O–H groups in total. The van der Waals surface area contributed by atoms with Gasteiger partial charge in [-0.2, -0.15) is 13.2 Å². The Bertz CT molecular complexity index is 363. The van der Waals surface area contributed by atoms with Crippen molar-refractivity contribution in [2.45, 2.75) is 26.1 Å². The van der Waals surface area contributed by atoms with Crippen LogP contribution in [0.25, 0.3) is 0 Å². The fraction of sp³-hybridized carbons (Fsp3) is 0.455. The minimum Gasteiger partial charge on any atom is -0.494 e. The third-order valence-corrected chi connectivity index (χ3v) is 2.24. The van der Waals surface area contributed by atoms with Crippen LogP contribution in [0.15, 0.2) is 18.2 Å². The quantitative estimate of drug-likeness (QED) is 0.871. The van der Waals surface area contributed by atoms with Gasteiger partial charge in [0.05, 0.1) is 6.61 Å². The molecule has 1 aromatic carbocycles. The summed E-state index contributed by atoms with van der Waals surface area (Å²) in [5.74, 6) is 0.554. The normalized spacial score (nSPS) is 13.6. The first-order valence-electron chi connectivity index (χ1n) is 4.92. The van der Waals surface area contributed by atoms with Crippen molar-refractivity contribution in [3.05, 3.63) is 29.3 Å². The number of ether oxygens (including phenoxy) is 1. The Morgan fingerprint density at radius 3 is 2.44 bits per heavy atom. The van der Waals surface area contributed by atoms with Crippen LogP contribution in [0.3, 0.4) is 0 Å². The van der Waals surface area contributed by atoms with E-state index in [2.05, 4.69) is 0 Å². The number of benzene rings is 1. The summed E-state index contributed by atoms with van der Waals surface area (Å²) in [6.07, 6.45) is -4.42. The van der Waals surface area contributed by atoms with Gasteiger partial charge in [-0.15, -0.1) is 0 Å². The molecule has 1 atom stereocenters. The number of halogens is 3. The first-order chi connectivity index (χ1) is 7.36. The van der Waals surface area contributed by atoms with Crippen LogP contribution in [0.2, 0.25) is 0 Å². The molecule has 0 aliphatic carbocycles. The predicted octanol–water partition coefficient (Wildman–Crippen LogP) is 2.96. The van der Waals surface area contributed by atoms with E-state index in [1.54, 1.807) is 13.0 Å². The molecule has 0 saturated carbocycles. The summed E-state index contributed by atoms with van der Waals surface area (Å²) >= 11 is 0. The second-order valence-electron chi connectivity index (χ2n) is 3.47. The average Bonchev–Trinajstić information content (AvgIpc) is 2.16. The summed E-state index contributed by atoms with van der Waals surface area (Å²) < 4.78 is 42.4. The monoisotopic (exact) mass is 233 g/mol. The van der Waals surface area contributed by atoms with Gasteiger partial charge in [0, 0.05) is 0 Å². The number of hydrogen-bond acceptors (Lipinski definition) is 2. The minimum atomic E-state index is -4.42. The summed E-state index contributed by atoms with van der Waals surface area (Å²) in [5.41, 5.74) is 5.69. The van der Waals surface area contributed by atoms with Gasteiger partial charge in [-0.05, 0) is 37.1 Å². The summed E-state index contributed by atoms with van der Waals surface area (Å²) in [6.45, 7) is 3.87. The van der Waals surface area contributed by atoms with Crippen molar-refractivity contribution < 1.29 is 17.9 Å². The Labute approximate surface area is 92.2 Å². The smallest absolute Gasteiger partial charge is 0.407 e. The van der Waals surface area contributed by atoms with Crippen LogP contribution in [0.5, 0.6) is 5.75 Å². The van der Waals surface area contributed by atoms with E-state index in [1.807, 2.05) is 6.92 Å². The lowest BCUT2D eigenvalue weighted by atomic mass is 10.0. The number of rotatable bonds is 3. The van der Waals surface area contributed by atoms with E-state index in [4.69, 9.17) is 10.5 Å². The molecule has 2 nitrogen and oxygen atoms in total. The van der Waals surface area contributed by atoms with E-state index in [1.165, 1.54) is 12.1 Å². The van der Waals surface area contributed by atoms with Gasteiger partial charge in [-0.25, -0.2) is 0 Å². The number of alkyl halides is 3. The molecule has 0 radical (unpaired) electrons. The second-order valence-corrected chi connectivity index (χ2v) is 3.47. The van der Waals surface area contributed by atoms with E-state index in [0.29, 0.717) is 17.9 Å². The van der Waals surface area contributed by atoms with Crippen molar-refractivity contribution in [3.63, 3.8) is 0 Å². The fourth-order valence-corrected chi connectivity index (χ4v) is 1.43. The van der Waals surface area contributed by atoms with Crippen molar-refractivity contribution in [3.8, 4) is 5.75 Å². The van der Waals surface area contributed by atoms with Gasteiger partial charge in [0.1, 0.15) is 11.8 Å². The summed E-state index contributed by atoms with van der Waals surface area (Å²) in [7, 11) is 0. The van der Waals surface area contributed by atoms with Crippen LogP contribution in [0.1, 0.15) is 24.1 Å². The van der Waals surface area contributed by atoms with Crippen molar-refractivity contribution in [1.29, 1.82) is 0 Å². The topological polar surface area (TPSA) is 35.2 Å². The van der Waals surface area contributed by atoms with E-state index in [0.717, 1.165) is 0 Å². The molecule has 0 aliphatic heterocycles. The minimum absolute atomic E-state index is 0.0796. The van der Waals surface area contributed by atoms with E-state index < -0.39 is 12.2 Å². The lowest BCUT2D eigenvalue weighted by Gasteiger charge is -2.18. The summed E-state index contributed by atoms with van der Waals surface area (Å²) in [6, 6.07) is 2.48. The standard InChI is InChI=1S/C11H14F3NO/c1-3-16-8-4-5-9(7(2)6-8)10(15)11(12,13)14/h4-6,10H,3,15H2,1-2H3. The summed E-state index contributed by atoms with van der Waals surface area (Å²) in [5, 5.41) is 0. The molecule has 0 amide bonds. The van der Waals surface area contributed by atoms with Gasteiger partial charge in [0.2, 0.25) is 0 Å². The predicted molar refractivity (Wildman–Crippen MR) is 55.3 cm³/mol. The molecular formula is C11H14F3NO. The lowest BCUT2D eigenvalue weighted by molar-refractivity contribution is -0.149. The Morgan fingerprint density at radius 2 is 2.00 bits per heavy atom. The maximum absolute atomic E-state index is 12.4. The van der Waals surface area contributed by atoms with Crippen LogP contribution in [-0.4, -0.2) is 12.8 Å². The first-order valence-corrected chi connectivity index (χ1v) is 4.92. The highest BCUT2D eigenvalue weighted by molar-refractivity contribution is 5.37. The molecule has 0 aromatic heterocycles. The Balaban J connectivity index is 2.99. The van der Waals surface area contributed by atoms with Crippen molar-refractivity contribution in [1.82, 2.24) is 0 Å². The van der Waals surface area contributed by atoms with Crippen LogP contribution < -0.4 is 10.5 Å². The molecule has 0 fully saturated rings. The Hall–Kier alpha value is -1.23. The molecule has 5 heteroatoms.